The molecule has 1 amide bonds. The fraction of sp³-hybridized carbons (Fsp3) is 0.300. The first-order valence-corrected chi connectivity index (χ1v) is 5.26. The molecule has 0 saturated carbocycles. The maximum absolute atomic E-state index is 13.2. The SMILES string of the molecule is CCOCC(=O)Nc1c(F)cccc1Br. The third kappa shape index (κ3) is 3.60. The summed E-state index contributed by atoms with van der Waals surface area (Å²) in [5.41, 5.74) is 0.141. The van der Waals surface area contributed by atoms with E-state index in [0.29, 0.717) is 11.1 Å². The van der Waals surface area contributed by atoms with E-state index in [1.807, 2.05) is 0 Å². The van der Waals surface area contributed by atoms with Gasteiger partial charge in [-0.05, 0) is 35.0 Å². The molecule has 0 aliphatic rings. The van der Waals surface area contributed by atoms with Crippen molar-refractivity contribution in [2.24, 2.45) is 0 Å². The Labute approximate surface area is 95.7 Å². The number of nitrogens with one attached hydrogen (secondary N) is 1. The van der Waals surface area contributed by atoms with Crippen molar-refractivity contribution in [1.82, 2.24) is 0 Å². The first-order valence-electron chi connectivity index (χ1n) is 4.46. The molecule has 0 spiro atoms. The lowest BCUT2D eigenvalue weighted by atomic mass is 10.3. The van der Waals surface area contributed by atoms with Crippen LogP contribution in [0, 0.1) is 5.82 Å². The van der Waals surface area contributed by atoms with Gasteiger partial charge in [-0.15, -0.1) is 0 Å². The summed E-state index contributed by atoms with van der Waals surface area (Å²) in [6.45, 7) is 2.16. The standard InChI is InChI=1S/C10H11BrFNO2/c1-2-15-6-9(14)13-10-7(11)4-3-5-8(10)12/h3-5H,2,6H2,1H3,(H,13,14). The fourth-order valence-electron chi connectivity index (χ4n) is 0.987. The zero-order chi connectivity index (χ0) is 11.3. The number of amides is 1. The summed E-state index contributed by atoms with van der Waals surface area (Å²) in [5.74, 6) is -0.850. The zero-order valence-electron chi connectivity index (χ0n) is 8.22. The summed E-state index contributed by atoms with van der Waals surface area (Å²) < 4.78 is 18.7. The van der Waals surface area contributed by atoms with Gasteiger partial charge in [-0.1, -0.05) is 6.07 Å². The Morgan fingerprint density at radius 2 is 2.33 bits per heavy atom. The van der Waals surface area contributed by atoms with Gasteiger partial charge in [0.15, 0.2) is 0 Å². The Balaban J connectivity index is 2.68. The monoisotopic (exact) mass is 275 g/mol. The molecule has 0 unspecified atom stereocenters. The normalized spacial score (nSPS) is 10.1. The van der Waals surface area contributed by atoms with Gasteiger partial charge in [-0.25, -0.2) is 4.39 Å². The first-order chi connectivity index (χ1) is 7.15. The molecule has 3 nitrogen and oxygen atoms in total. The van der Waals surface area contributed by atoms with Gasteiger partial charge in [0, 0.05) is 11.1 Å². The van der Waals surface area contributed by atoms with Gasteiger partial charge in [-0.3, -0.25) is 4.79 Å². The van der Waals surface area contributed by atoms with E-state index in [4.69, 9.17) is 4.74 Å². The quantitative estimate of drug-likeness (QED) is 0.917. The molecule has 0 radical (unpaired) electrons. The third-order valence-corrected chi connectivity index (χ3v) is 2.33. The van der Waals surface area contributed by atoms with Crippen molar-refractivity contribution in [3.8, 4) is 0 Å². The number of benzene rings is 1. The van der Waals surface area contributed by atoms with Crippen LogP contribution >= 0.6 is 15.9 Å². The second-order valence-electron chi connectivity index (χ2n) is 2.78. The van der Waals surface area contributed by atoms with Gasteiger partial charge < -0.3 is 10.1 Å². The lowest BCUT2D eigenvalue weighted by molar-refractivity contribution is -0.120. The van der Waals surface area contributed by atoms with Crippen molar-refractivity contribution in [2.45, 2.75) is 6.92 Å². The number of hydrogen-bond donors (Lipinski definition) is 1. The largest absolute Gasteiger partial charge is 0.372 e. The van der Waals surface area contributed by atoms with Crippen LogP contribution in [0.5, 0.6) is 0 Å². The molecule has 0 bridgehead atoms. The minimum Gasteiger partial charge on any atom is -0.372 e. The highest BCUT2D eigenvalue weighted by Gasteiger charge is 2.09. The molecule has 1 N–H and O–H groups in total. The summed E-state index contributed by atoms with van der Waals surface area (Å²) in [7, 11) is 0. The summed E-state index contributed by atoms with van der Waals surface area (Å²) in [5, 5.41) is 2.43. The van der Waals surface area contributed by atoms with Gasteiger partial charge in [-0.2, -0.15) is 0 Å². The van der Waals surface area contributed by atoms with E-state index in [1.54, 1.807) is 19.1 Å². The Kier molecular flexibility index (Phi) is 4.71. The second-order valence-corrected chi connectivity index (χ2v) is 3.64. The number of rotatable bonds is 4. The number of hydrogen-bond acceptors (Lipinski definition) is 2. The van der Waals surface area contributed by atoms with Gasteiger partial charge >= 0.3 is 0 Å². The molecule has 0 heterocycles. The molecule has 0 saturated heterocycles. The first kappa shape index (κ1) is 12.1. The molecule has 0 aromatic heterocycles. The molecule has 0 fully saturated rings. The average molecular weight is 276 g/mol. The Morgan fingerprint density at radius 3 is 2.93 bits per heavy atom. The van der Waals surface area contributed by atoms with E-state index in [1.165, 1.54) is 6.07 Å². The highest BCUT2D eigenvalue weighted by atomic mass is 79.9. The summed E-state index contributed by atoms with van der Waals surface area (Å²) >= 11 is 3.15. The number of carbonyl (C=O) groups is 1. The van der Waals surface area contributed by atoms with Crippen LogP contribution in [0.25, 0.3) is 0 Å². The van der Waals surface area contributed by atoms with Crippen LogP contribution < -0.4 is 5.32 Å². The van der Waals surface area contributed by atoms with E-state index in [-0.39, 0.29) is 18.2 Å². The van der Waals surface area contributed by atoms with E-state index < -0.39 is 5.82 Å². The highest BCUT2D eigenvalue weighted by molar-refractivity contribution is 9.10. The second kappa shape index (κ2) is 5.82. The molecular formula is C10H11BrFNO2. The summed E-state index contributed by atoms with van der Waals surface area (Å²) in [6, 6.07) is 4.48. The van der Waals surface area contributed by atoms with Crippen LogP contribution in [-0.2, 0) is 9.53 Å². The van der Waals surface area contributed by atoms with Crippen LogP contribution in [-0.4, -0.2) is 19.1 Å². The minimum atomic E-state index is -0.478. The zero-order valence-corrected chi connectivity index (χ0v) is 9.80. The van der Waals surface area contributed by atoms with Crippen molar-refractivity contribution >= 4 is 27.5 Å². The van der Waals surface area contributed by atoms with Gasteiger partial charge in [0.25, 0.3) is 0 Å². The van der Waals surface area contributed by atoms with Gasteiger partial charge in [0.05, 0.1) is 5.69 Å². The lowest BCUT2D eigenvalue weighted by Gasteiger charge is -2.07. The van der Waals surface area contributed by atoms with Crippen molar-refractivity contribution < 1.29 is 13.9 Å². The minimum absolute atomic E-state index is 0.0721. The predicted molar refractivity (Wildman–Crippen MR) is 59.2 cm³/mol. The van der Waals surface area contributed by atoms with Crippen molar-refractivity contribution in [2.75, 3.05) is 18.5 Å². The van der Waals surface area contributed by atoms with E-state index >= 15 is 0 Å². The topological polar surface area (TPSA) is 38.3 Å². The molecule has 0 atom stereocenters. The van der Waals surface area contributed by atoms with E-state index in [2.05, 4.69) is 21.2 Å². The van der Waals surface area contributed by atoms with E-state index in [0.717, 1.165) is 0 Å². The molecular weight excluding hydrogens is 265 g/mol. The fourth-order valence-corrected chi connectivity index (χ4v) is 1.43. The highest BCUT2D eigenvalue weighted by Crippen LogP contribution is 2.24. The summed E-state index contributed by atoms with van der Waals surface area (Å²) in [4.78, 5) is 11.3. The van der Waals surface area contributed by atoms with Crippen LogP contribution in [0.3, 0.4) is 0 Å². The number of ether oxygens (including phenoxy) is 1. The van der Waals surface area contributed by atoms with Crippen LogP contribution in [0.4, 0.5) is 10.1 Å². The Morgan fingerprint density at radius 1 is 1.60 bits per heavy atom. The van der Waals surface area contributed by atoms with Crippen LogP contribution in [0.2, 0.25) is 0 Å². The maximum Gasteiger partial charge on any atom is 0.250 e. The molecule has 1 aromatic carbocycles. The van der Waals surface area contributed by atoms with Gasteiger partial charge in [0.2, 0.25) is 5.91 Å². The smallest absolute Gasteiger partial charge is 0.250 e. The lowest BCUT2D eigenvalue weighted by Crippen LogP contribution is -2.19. The third-order valence-electron chi connectivity index (χ3n) is 1.66. The number of anilines is 1. The van der Waals surface area contributed by atoms with Crippen molar-refractivity contribution in [3.63, 3.8) is 0 Å². The van der Waals surface area contributed by atoms with Gasteiger partial charge in [0.1, 0.15) is 12.4 Å². The van der Waals surface area contributed by atoms with Crippen molar-refractivity contribution in [1.29, 1.82) is 0 Å². The molecule has 5 heteroatoms. The van der Waals surface area contributed by atoms with Crippen LogP contribution in [0.1, 0.15) is 6.92 Å². The predicted octanol–water partition coefficient (Wildman–Crippen LogP) is 2.56. The molecule has 15 heavy (non-hydrogen) atoms. The maximum atomic E-state index is 13.2. The average Bonchev–Trinajstić information content (AvgIpc) is 2.21. The molecule has 1 rings (SSSR count). The Hall–Kier alpha value is -0.940. The van der Waals surface area contributed by atoms with E-state index in [9.17, 15) is 9.18 Å². The van der Waals surface area contributed by atoms with Crippen LogP contribution in [0.15, 0.2) is 22.7 Å². The molecule has 82 valence electrons. The number of halogens is 2. The number of carbonyl (C=O) groups excluding carboxylic acids is 1. The number of para-hydroxylation sites is 1. The Bertz CT molecular complexity index is 337. The van der Waals surface area contributed by atoms with Crippen molar-refractivity contribution in [3.05, 3.63) is 28.5 Å². The molecule has 0 aliphatic carbocycles. The summed E-state index contributed by atoms with van der Waals surface area (Å²) in [6.07, 6.45) is 0. The molecule has 0 aliphatic heterocycles. The molecule has 1 aromatic rings.